The molecule has 0 aromatic heterocycles. The molecule has 0 unspecified atom stereocenters. The van der Waals surface area contributed by atoms with E-state index in [4.69, 9.17) is 4.84 Å². The summed E-state index contributed by atoms with van der Waals surface area (Å²) in [6, 6.07) is 0. The molecule has 1 heterocycles. The van der Waals surface area contributed by atoms with Gasteiger partial charge in [0, 0.05) is 26.2 Å². The average Bonchev–Trinajstić information content (AvgIpc) is 2.07. The molecule has 1 rings (SSSR count). The van der Waals surface area contributed by atoms with Gasteiger partial charge in [-0.2, -0.15) is 0 Å². The van der Waals surface area contributed by atoms with Crippen LogP contribution in [0.3, 0.4) is 0 Å². The molecule has 0 bridgehead atoms. The molecule has 0 aromatic carbocycles. The van der Waals surface area contributed by atoms with Crippen molar-refractivity contribution in [1.82, 2.24) is 9.96 Å². The summed E-state index contributed by atoms with van der Waals surface area (Å²) in [4.78, 5) is 19.0. The maximum Gasteiger partial charge on any atom is 0.330 e. The fraction of sp³-hybridized carbons (Fsp3) is 0.900. The van der Waals surface area contributed by atoms with Crippen molar-refractivity contribution in [2.75, 3.05) is 33.2 Å². The Morgan fingerprint density at radius 2 is 1.64 bits per heavy atom. The van der Waals surface area contributed by atoms with Crippen molar-refractivity contribution < 1.29 is 9.63 Å². The Kier molecular flexibility index (Phi) is 3.50. The number of hydrogen-bond acceptors (Lipinski definition) is 4. The summed E-state index contributed by atoms with van der Waals surface area (Å²) >= 11 is 0. The monoisotopic (exact) mass is 200 g/mol. The van der Waals surface area contributed by atoms with Gasteiger partial charge in [0.1, 0.15) is 0 Å². The highest BCUT2D eigenvalue weighted by Crippen LogP contribution is 2.16. The third kappa shape index (κ3) is 3.27. The molecular weight excluding hydrogens is 180 g/mol. The smallest absolute Gasteiger partial charge is 0.330 e. The first-order valence-corrected chi connectivity index (χ1v) is 5.05. The number of hydroxylamine groups is 2. The Morgan fingerprint density at radius 1 is 1.14 bits per heavy atom. The van der Waals surface area contributed by atoms with Crippen molar-refractivity contribution >= 4 is 5.97 Å². The average molecular weight is 200 g/mol. The summed E-state index contributed by atoms with van der Waals surface area (Å²) in [5.41, 5.74) is -0.413. The van der Waals surface area contributed by atoms with E-state index in [2.05, 4.69) is 11.9 Å². The second-order valence-corrected chi connectivity index (χ2v) is 4.86. The number of piperazine rings is 1. The van der Waals surface area contributed by atoms with Crippen molar-refractivity contribution in [1.29, 1.82) is 0 Å². The van der Waals surface area contributed by atoms with Crippen molar-refractivity contribution in [2.24, 2.45) is 5.41 Å². The van der Waals surface area contributed by atoms with Crippen molar-refractivity contribution in [3.63, 3.8) is 0 Å². The molecule has 0 N–H and O–H groups in total. The van der Waals surface area contributed by atoms with Gasteiger partial charge >= 0.3 is 5.97 Å². The Labute approximate surface area is 85.8 Å². The standard InChI is InChI=1S/C10H20N2O2/c1-10(2,3)9(13)14-12-7-5-11(4)6-8-12/h5-8H2,1-4H3. The summed E-state index contributed by atoms with van der Waals surface area (Å²) in [6.45, 7) is 9.12. The van der Waals surface area contributed by atoms with Gasteiger partial charge in [-0.3, -0.25) is 0 Å². The Hall–Kier alpha value is -0.610. The maximum absolute atomic E-state index is 11.5. The van der Waals surface area contributed by atoms with Gasteiger partial charge in [0.15, 0.2) is 0 Å². The van der Waals surface area contributed by atoms with Gasteiger partial charge in [0.2, 0.25) is 0 Å². The van der Waals surface area contributed by atoms with E-state index in [0.29, 0.717) is 0 Å². The van der Waals surface area contributed by atoms with E-state index >= 15 is 0 Å². The lowest BCUT2D eigenvalue weighted by Gasteiger charge is -2.32. The van der Waals surface area contributed by atoms with Crippen LogP contribution in [0.15, 0.2) is 0 Å². The van der Waals surface area contributed by atoms with E-state index < -0.39 is 5.41 Å². The number of carbonyl (C=O) groups is 1. The van der Waals surface area contributed by atoms with Crippen LogP contribution in [0.1, 0.15) is 20.8 Å². The van der Waals surface area contributed by atoms with Crippen LogP contribution in [0.5, 0.6) is 0 Å². The van der Waals surface area contributed by atoms with Crippen LogP contribution >= 0.6 is 0 Å². The highest BCUT2D eigenvalue weighted by atomic mass is 16.7. The van der Waals surface area contributed by atoms with Crippen LogP contribution in [-0.2, 0) is 9.63 Å². The van der Waals surface area contributed by atoms with E-state index in [9.17, 15) is 4.79 Å². The molecule has 0 amide bonds. The number of hydrogen-bond donors (Lipinski definition) is 0. The van der Waals surface area contributed by atoms with Crippen LogP contribution in [0.25, 0.3) is 0 Å². The lowest BCUT2D eigenvalue weighted by Crippen LogP contribution is -2.46. The van der Waals surface area contributed by atoms with Gasteiger partial charge < -0.3 is 9.74 Å². The third-order valence-electron chi connectivity index (χ3n) is 2.29. The van der Waals surface area contributed by atoms with Crippen molar-refractivity contribution in [3.05, 3.63) is 0 Å². The normalized spacial score (nSPS) is 20.9. The van der Waals surface area contributed by atoms with Gasteiger partial charge in [-0.25, -0.2) is 4.79 Å². The minimum absolute atomic E-state index is 0.151. The second-order valence-electron chi connectivity index (χ2n) is 4.86. The molecule has 4 nitrogen and oxygen atoms in total. The first kappa shape index (κ1) is 11.5. The van der Waals surface area contributed by atoms with Crippen LogP contribution in [0.2, 0.25) is 0 Å². The highest BCUT2D eigenvalue weighted by Gasteiger charge is 2.27. The minimum atomic E-state index is -0.413. The van der Waals surface area contributed by atoms with Crippen molar-refractivity contribution in [2.45, 2.75) is 20.8 Å². The number of carbonyl (C=O) groups excluding carboxylic acids is 1. The summed E-state index contributed by atoms with van der Waals surface area (Å²) in [5, 5.41) is 1.76. The Bertz CT molecular complexity index is 203. The zero-order valence-corrected chi connectivity index (χ0v) is 9.54. The van der Waals surface area contributed by atoms with Gasteiger partial charge in [0.05, 0.1) is 5.41 Å². The molecule has 82 valence electrons. The predicted molar refractivity (Wildman–Crippen MR) is 54.6 cm³/mol. The predicted octanol–water partition coefficient (Wildman–Crippen LogP) is 0.738. The molecule has 0 aliphatic carbocycles. The summed E-state index contributed by atoms with van der Waals surface area (Å²) in [5.74, 6) is -0.151. The SMILES string of the molecule is CN1CCN(OC(=O)C(C)(C)C)CC1. The Balaban J connectivity index is 2.35. The van der Waals surface area contributed by atoms with E-state index in [1.165, 1.54) is 0 Å². The molecule has 0 atom stereocenters. The largest absolute Gasteiger partial charge is 0.367 e. The molecule has 0 aromatic rings. The fourth-order valence-electron chi connectivity index (χ4n) is 1.13. The van der Waals surface area contributed by atoms with Gasteiger partial charge in [0.25, 0.3) is 0 Å². The molecule has 1 aliphatic rings. The molecule has 4 heteroatoms. The molecule has 0 spiro atoms. The minimum Gasteiger partial charge on any atom is -0.367 e. The van der Waals surface area contributed by atoms with Crippen LogP contribution in [-0.4, -0.2) is 49.2 Å². The lowest BCUT2D eigenvalue weighted by atomic mass is 9.98. The quantitative estimate of drug-likeness (QED) is 0.625. The lowest BCUT2D eigenvalue weighted by molar-refractivity contribution is -0.206. The third-order valence-corrected chi connectivity index (χ3v) is 2.29. The van der Waals surface area contributed by atoms with Crippen LogP contribution in [0, 0.1) is 5.41 Å². The zero-order chi connectivity index (χ0) is 10.8. The van der Waals surface area contributed by atoms with E-state index in [0.717, 1.165) is 26.2 Å². The molecular formula is C10H20N2O2. The van der Waals surface area contributed by atoms with Gasteiger partial charge in [-0.05, 0) is 27.8 Å². The highest BCUT2D eigenvalue weighted by molar-refractivity contribution is 5.75. The number of likely N-dealkylation sites (N-methyl/N-ethyl adjacent to an activating group) is 1. The second kappa shape index (κ2) is 4.28. The van der Waals surface area contributed by atoms with E-state index in [1.807, 2.05) is 20.8 Å². The number of nitrogens with zero attached hydrogens (tertiary/aromatic N) is 2. The van der Waals surface area contributed by atoms with Crippen molar-refractivity contribution in [3.8, 4) is 0 Å². The molecule has 1 aliphatic heterocycles. The molecule has 14 heavy (non-hydrogen) atoms. The molecule has 1 saturated heterocycles. The number of rotatable bonds is 1. The molecule has 1 fully saturated rings. The topological polar surface area (TPSA) is 32.8 Å². The zero-order valence-electron chi connectivity index (χ0n) is 9.54. The fourth-order valence-corrected chi connectivity index (χ4v) is 1.13. The van der Waals surface area contributed by atoms with Gasteiger partial charge in [-0.1, -0.05) is 0 Å². The van der Waals surface area contributed by atoms with E-state index in [-0.39, 0.29) is 5.97 Å². The summed E-state index contributed by atoms with van der Waals surface area (Å²) < 4.78 is 0. The first-order valence-electron chi connectivity index (χ1n) is 5.05. The molecule has 0 radical (unpaired) electrons. The van der Waals surface area contributed by atoms with Crippen LogP contribution < -0.4 is 0 Å². The summed E-state index contributed by atoms with van der Waals surface area (Å²) in [7, 11) is 2.07. The molecule has 0 saturated carbocycles. The van der Waals surface area contributed by atoms with Gasteiger partial charge in [-0.15, -0.1) is 5.06 Å². The maximum atomic E-state index is 11.5. The van der Waals surface area contributed by atoms with Crippen LogP contribution in [0.4, 0.5) is 0 Å². The summed E-state index contributed by atoms with van der Waals surface area (Å²) in [6.07, 6.45) is 0. The van der Waals surface area contributed by atoms with E-state index in [1.54, 1.807) is 5.06 Å². The first-order chi connectivity index (χ1) is 6.39. The Morgan fingerprint density at radius 3 is 2.07 bits per heavy atom.